The highest BCUT2D eigenvalue weighted by Gasteiger charge is 2.75. The molecule has 5 aliphatic rings. The standard InChI is InChI=1S/C20H26N2O6S2/c1-29-19-7-9-11(23)3-5-13(25)15(9)21(19)18(28)20(30-2)8-10-12(24)4-6-14(26)16(10)22(20)17(19)27/h9-10,13-16,25-26H,3-8H2,1-2H3/t9-,10-,13-,14-,15-,16-,19+,20+/m0/s1. The first-order chi connectivity index (χ1) is 14.2. The molecule has 0 aromatic rings. The molecule has 10 heteroatoms. The van der Waals surface area contributed by atoms with Gasteiger partial charge in [0, 0.05) is 37.5 Å². The summed E-state index contributed by atoms with van der Waals surface area (Å²) in [6.45, 7) is 0. The van der Waals surface area contributed by atoms with Crippen molar-refractivity contribution in [2.24, 2.45) is 11.8 Å². The summed E-state index contributed by atoms with van der Waals surface area (Å²) in [6.07, 6.45) is 3.16. The average Bonchev–Trinajstić information content (AvgIpc) is 3.29. The van der Waals surface area contributed by atoms with Crippen molar-refractivity contribution in [3.05, 3.63) is 0 Å². The molecule has 2 N–H and O–H groups in total. The fourth-order valence-electron chi connectivity index (χ4n) is 6.55. The Hall–Kier alpha value is -1.10. The van der Waals surface area contributed by atoms with E-state index in [0.717, 1.165) is 0 Å². The number of thioether (sulfide) groups is 2. The van der Waals surface area contributed by atoms with Crippen molar-refractivity contribution in [3.63, 3.8) is 0 Å². The second-order valence-corrected chi connectivity index (χ2v) is 11.2. The van der Waals surface area contributed by atoms with Crippen LogP contribution in [0.5, 0.6) is 0 Å². The lowest BCUT2D eigenvalue weighted by Crippen LogP contribution is -2.75. The molecule has 8 atom stereocenters. The van der Waals surface area contributed by atoms with Crippen molar-refractivity contribution in [1.29, 1.82) is 0 Å². The fraction of sp³-hybridized carbons (Fsp3) is 0.800. The Morgan fingerprint density at radius 3 is 1.47 bits per heavy atom. The summed E-state index contributed by atoms with van der Waals surface area (Å²) in [5.41, 5.74) is 0. The number of piperazine rings is 1. The molecule has 3 aliphatic heterocycles. The molecule has 2 saturated carbocycles. The molecule has 5 fully saturated rings. The summed E-state index contributed by atoms with van der Waals surface area (Å²) in [5.74, 6) is -1.81. The average molecular weight is 455 g/mol. The Morgan fingerprint density at radius 1 is 0.767 bits per heavy atom. The van der Waals surface area contributed by atoms with Gasteiger partial charge in [-0.1, -0.05) is 0 Å². The minimum Gasteiger partial charge on any atom is -0.391 e. The van der Waals surface area contributed by atoms with Crippen molar-refractivity contribution >= 4 is 46.9 Å². The number of fused-ring (bicyclic) bond motifs is 6. The second kappa shape index (κ2) is 6.70. The van der Waals surface area contributed by atoms with Crippen LogP contribution in [-0.2, 0) is 19.2 Å². The zero-order chi connectivity index (χ0) is 21.6. The summed E-state index contributed by atoms with van der Waals surface area (Å²) in [4.78, 5) is 54.0. The van der Waals surface area contributed by atoms with E-state index < -0.39 is 45.9 Å². The lowest BCUT2D eigenvalue weighted by atomic mass is 9.80. The van der Waals surface area contributed by atoms with Crippen LogP contribution in [0.15, 0.2) is 0 Å². The molecule has 0 bridgehead atoms. The summed E-state index contributed by atoms with van der Waals surface area (Å²) in [6, 6.07) is -1.44. The number of carbonyl (C=O) groups excluding carboxylic acids is 4. The van der Waals surface area contributed by atoms with Crippen LogP contribution in [0.2, 0.25) is 0 Å². The molecule has 5 rings (SSSR count). The molecule has 0 radical (unpaired) electrons. The molecule has 2 amide bonds. The number of Topliss-reactive ketones (excluding diaryl/α,β-unsaturated/α-hetero) is 2. The molecule has 2 aliphatic carbocycles. The Morgan fingerprint density at radius 2 is 1.13 bits per heavy atom. The normalized spacial score (nSPS) is 47.9. The van der Waals surface area contributed by atoms with E-state index in [2.05, 4.69) is 0 Å². The number of rotatable bonds is 2. The molecule has 164 valence electrons. The van der Waals surface area contributed by atoms with Crippen molar-refractivity contribution in [2.45, 2.75) is 72.6 Å². The highest BCUT2D eigenvalue weighted by atomic mass is 32.2. The number of aliphatic hydroxyl groups excluding tert-OH is 2. The van der Waals surface area contributed by atoms with Crippen LogP contribution >= 0.6 is 23.5 Å². The smallest absolute Gasteiger partial charge is 0.261 e. The molecule has 0 spiro atoms. The third-order valence-corrected chi connectivity index (χ3v) is 10.4. The Balaban J connectivity index is 1.68. The first-order valence-corrected chi connectivity index (χ1v) is 12.9. The summed E-state index contributed by atoms with van der Waals surface area (Å²) >= 11 is 2.44. The van der Waals surface area contributed by atoms with Gasteiger partial charge in [-0.15, -0.1) is 23.5 Å². The minimum absolute atomic E-state index is 0.0159. The van der Waals surface area contributed by atoms with E-state index in [4.69, 9.17) is 0 Å². The Kier molecular flexibility index (Phi) is 4.64. The predicted molar refractivity (Wildman–Crippen MR) is 110 cm³/mol. The van der Waals surface area contributed by atoms with Gasteiger partial charge in [-0.25, -0.2) is 0 Å². The quantitative estimate of drug-likeness (QED) is 0.599. The highest BCUT2D eigenvalue weighted by Crippen LogP contribution is 2.60. The van der Waals surface area contributed by atoms with Gasteiger partial charge >= 0.3 is 0 Å². The van der Waals surface area contributed by atoms with Gasteiger partial charge in [-0.3, -0.25) is 19.2 Å². The van der Waals surface area contributed by atoms with Gasteiger partial charge in [-0.2, -0.15) is 0 Å². The summed E-state index contributed by atoms with van der Waals surface area (Å²) in [7, 11) is 0. The first-order valence-electron chi connectivity index (χ1n) is 10.4. The molecule has 8 nitrogen and oxygen atoms in total. The lowest BCUT2D eigenvalue weighted by Gasteiger charge is -2.54. The van der Waals surface area contributed by atoms with Gasteiger partial charge in [0.25, 0.3) is 11.8 Å². The zero-order valence-corrected chi connectivity index (χ0v) is 18.6. The van der Waals surface area contributed by atoms with Gasteiger partial charge in [0.2, 0.25) is 0 Å². The van der Waals surface area contributed by atoms with E-state index in [1.54, 1.807) is 12.5 Å². The number of aliphatic hydroxyl groups is 2. The third-order valence-electron chi connectivity index (χ3n) is 7.96. The van der Waals surface area contributed by atoms with E-state index in [-0.39, 0.29) is 61.9 Å². The molecule has 30 heavy (non-hydrogen) atoms. The van der Waals surface area contributed by atoms with Crippen LogP contribution in [-0.4, -0.2) is 89.9 Å². The molecular weight excluding hydrogens is 428 g/mol. The fourth-order valence-corrected chi connectivity index (χ4v) is 8.59. The SMILES string of the molecule is CS[C@@]12C[C@H]3C(=O)CC[C@H](O)[C@H]3N1C(=O)[C@]1(SC)C[C@H]3C(=O)CC[C@H](O)[C@H]3N1C2=O. The number of nitrogens with zero attached hydrogens (tertiary/aromatic N) is 2. The number of amides is 2. The van der Waals surface area contributed by atoms with E-state index in [1.807, 2.05) is 0 Å². The number of hydrogen-bond acceptors (Lipinski definition) is 8. The first kappa shape index (κ1) is 20.8. The Labute approximate surface area is 183 Å². The lowest BCUT2D eigenvalue weighted by molar-refractivity contribution is -0.171. The second-order valence-electron chi connectivity index (χ2n) is 9.07. The number of ketones is 2. The summed E-state index contributed by atoms with van der Waals surface area (Å²) < 4.78 is 0. The minimum atomic E-state index is -1.29. The largest absolute Gasteiger partial charge is 0.391 e. The monoisotopic (exact) mass is 454 g/mol. The van der Waals surface area contributed by atoms with Gasteiger partial charge in [0.15, 0.2) is 9.74 Å². The van der Waals surface area contributed by atoms with Crippen LogP contribution in [0.1, 0.15) is 38.5 Å². The van der Waals surface area contributed by atoms with Crippen LogP contribution < -0.4 is 0 Å². The van der Waals surface area contributed by atoms with Crippen LogP contribution in [0.4, 0.5) is 0 Å². The van der Waals surface area contributed by atoms with E-state index in [0.29, 0.717) is 0 Å². The maximum Gasteiger partial charge on any atom is 0.261 e. The van der Waals surface area contributed by atoms with Gasteiger partial charge in [-0.05, 0) is 25.4 Å². The third kappa shape index (κ3) is 2.28. The van der Waals surface area contributed by atoms with Crippen molar-refractivity contribution in [1.82, 2.24) is 9.80 Å². The van der Waals surface area contributed by atoms with Gasteiger partial charge in [0.1, 0.15) is 11.6 Å². The zero-order valence-electron chi connectivity index (χ0n) is 16.9. The van der Waals surface area contributed by atoms with Crippen LogP contribution in [0.25, 0.3) is 0 Å². The van der Waals surface area contributed by atoms with Gasteiger partial charge in [0.05, 0.1) is 24.3 Å². The molecule has 3 heterocycles. The predicted octanol–water partition coefficient (Wildman–Crippen LogP) is 0.000400. The van der Waals surface area contributed by atoms with E-state index >= 15 is 0 Å². The molecule has 0 aromatic carbocycles. The number of hydrogen-bond donors (Lipinski definition) is 2. The van der Waals surface area contributed by atoms with Crippen molar-refractivity contribution < 1.29 is 29.4 Å². The van der Waals surface area contributed by atoms with Crippen molar-refractivity contribution in [3.8, 4) is 0 Å². The maximum absolute atomic E-state index is 14.1. The van der Waals surface area contributed by atoms with Crippen molar-refractivity contribution in [2.75, 3.05) is 12.5 Å². The van der Waals surface area contributed by atoms with Crippen LogP contribution in [0.3, 0.4) is 0 Å². The number of carbonyl (C=O) groups is 4. The topological polar surface area (TPSA) is 115 Å². The van der Waals surface area contributed by atoms with Crippen LogP contribution in [0, 0.1) is 11.8 Å². The molecule has 0 unspecified atom stereocenters. The molecule has 3 saturated heterocycles. The van der Waals surface area contributed by atoms with E-state index in [9.17, 15) is 29.4 Å². The highest BCUT2D eigenvalue weighted by molar-refractivity contribution is 8.01. The maximum atomic E-state index is 14.1. The molecular formula is C20H26N2O6S2. The van der Waals surface area contributed by atoms with E-state index in [1.165, 1.54) is 33.3 Å². The molecule has 0 aromatic heterocycles. The summed E-state index contributed by atoms with van der Waals surface area (Å²) in [5, 5.41) is 21.5. The Bertz CT molecular complexity index is 785. The van der Waals surface area contributed by atoms with Gasteiger partial charge < -0.3 is 20.0 Å².